The summed E-state index contributed by atoms with van der Waals surface area (Å²) < 4.78 is 4.89. The second-order valence-electron chi connectivity index (χ2n) is 18.0. The number of benzene rings is 9. The van der Waals surface area contributed by atoms with Gasteiger partial charge in [-0.2, -0.15) is 0 Å². The molecule has 2 aliphatic rings. The molecule has 3 nitrogen and oxygen atoms in total. The minimum atomic E-state index is -0.188. The summed E-state index contributed by atoms with van der Waals surface area (Å²) in [4.78, 5) is 2.47. The molecule has 0 bridgehead atoms. The largest absolute Gasteiger partial charge is 0.313 e. The molecule has 13 rings (SSSR count). The third-order valence-corrected chi connectivity index (χ3v) is 14.1. The number of hydrogen-bond acceptors (Lipinski definition) is 1. The molecule has 2 aromatic heterocycles. The van der Waals surface area contributed by atoms with Crippen molar-refractivity contribution in [1.29, 1.82) is 0 Å². The van der Waals surface area contributed by atoms with E-state index >= 15 is 0 Å². The molecule has 9 aromatic carbocycles. The highest BCUT2D eigenvalue weighted by Gasteiger charge is 2.38. The molecule has 0 fully saturated rings. The van der Waals surface area contributed by atoms with Crippen molar-refractivity contribution in [1.82, 2.24) is 9.13 Å². The standard InChI is InChI=1S/C61H45N3/c1-61(2)53-23-11-8-19-48(53)51-22-14-26-58(60(51)61)62(45-33-35-46(36-34-45)63-54-24-12-9-20-49(54)50-21-10-13-25-55(50)63)44-31-27-40(28-32-44)42-30-37-56-52(39-42)59-47-18-7-6-15-41(47)29-38-57(59)64(56)43-16-4-3-5-17-43/h3-4,6-16,18-39H,5,17H2,1-2H3. The zero-order valence-corrected chi connectivity index (χ0v) is 36.0. The zero-order valence-electron chi connectivity index (χ0n) is 36.0. The molecular formula is C61H45N3. The van der Waals surface area contributed by atoms with Crippen LogP contribution in [0.5, 0.6) is 0 Å². The molecule has 2 heterocycles. The average molecular weight is 820 g/mol. The lowest BCUT2D eigenvalue weighted by atomic mass is 9.81. The monoisotopic (exact) mass is 819 g/mol. The number of rotatable bonds is 6. The first-order valence-electron chi connectivity index (χ1n) is 22.6. The van der Waals surface area contributed by atoms with Crippen molar-refractivity contribution in [2.24, 2.45) is 0 Å². The van der Waals surface area contributed by atoms with E-state index in [0.29, 0.717) is 0 Å². The molecule has 2 aliphatic carbocycles. The van der Waals surface area contributed by atoms with Crippen LogP contribution in [0.25, 0.3) is 88.0 Å². The zero-order chi connectivity index (χ0) is 42.5. The summed E-state index contributed by atoms with van der Waals surface area (Å²) >= 11 is 0. The van der Waals surface area contributed by atoms with Crippen molar-refractivity contribution in [2.45, 2.75) is 32.1 Å². The van der Waals surface area contributed by atoms with Gasteiger partial charge in [0.15, 0.2) is 0 Å². The van der Waals surface area contributed by atoms with E-state index in [4.69, 9.17) is 0 Å². The molecule has 304 valence electrons. The fourth-order valence-corrected chi connectivity index (χ4v) is 11.2. The van der Waals surface area contributed by atoms with E-state index < -0.39 is 0 Å². The molecular weight excluding hydrogens is 775 g/mol. The summed E-state index contributed by atoms with van der Waals surface area (Å²) in [6.07, 6.45) is 8.85. The number of hydrogen-bond donors (Lipinski definition) is 0. The lowest BCUT2D eigenvalue weighted by molar-refractivity contribution is 0.661. The Morgan fingerprint density at radius 1 is 0.484 bits per heavy atom. The summed E-state index contributed by atoms with van der Waals surface area (Å²) in [5.74, 6) is 0. The molecule has 0 saturated heterocycles. The van der Waals surface area contributed by atoms with Crippen LogP contribution in [0, 0.1) is 0 Å². The Morgan fingerprint density at radius 2 is 1.11 bits per heavy atom. The van der Waals surface area contributed by atoms with Crippen LogP contribution >= 0.6 is 0 Å². The second-order valence-corrected chi connectivity index (χ2v) is 18.0. The van der Waals surface area contributed by atoms with E-state index in [2.05, 4.69) is 240 Å². The van der Waals surface area contributed by atoms with Gasteiger partial charge in [-0.05, 0) is 136 Å². The third kappa shape index (κ3) is 5.40. The van der Waals surface area contributed by atoms with Gasteiger partial charge in [0.2, 0.25) is 0 Å². The first kappa shape index (κ1) is 36.7. The van der Waals surface area contributed by atoms with Gasteiger partial charge in [-0.25, -0.2) is 0 Å². The van der Waals surface area contributed by atoms with Crippen LogP contribution in [0.1, 0.15) is 37.8 Å². The van der Waals surface area contributed by atoms with Crippen LogP contribution < -0.4 is 4.90 Å². The molecule has 0 amide bonds. The Hall–Kier alpha value is -7.88. The van der Waals surface area contributed by atoms with Crippen molar-refractivity contribution in [3.8, 4) is 27.9 Å². The predicted octanol–water partition coefficient (Wildman–Crippen LogP) is 16.7. The van der Waals surface area contributed by atoms with E-state index in [1.807, 2.05) is 0 Å². The van der Waals surface area contributed by atoms with Crippen LogP contribution in [-0.4, -0.2) is 9.13 Å². The molecule has 11 aromatic rings. The third-order valence-electron chi connectivity index (χ3n) is 14.1. The minimum Gasteiger partial charge on any atom is -0.313 e. The van der Waals surface area contributed by atoms with Gasteiger partial charge in [0.1, 0.15) is 0 Å². The van der Waals surface area contributed by atoms with Gasteiger partial charge in [-0.3, -0.25) is 0 Å². The summed E-state index contributed by atoms with van der Waals surface area (Å²) in [7, 11) is 0. The van der Waals surface area contributed by atoms with Gasteiger partial charge in [0, 0.05) is 49.7 Å². The van der Waals surface area contributed by atoms with Gasteiger partial charge in [-0.1, -0.05) is 147 Å². The van der Waals surface area contributed by atoms with Crippen LogP contribution in [-0.2, 0) is 5.41 Å². The molecule has 0 saturated carbocycles. The van der Waals surface area contributed by atoms with E-state index in [1.165, 1.54) is 99.1 Å². The highest BCUT2D eigenvalue weighted by atomic mass is 15.1. The topological polar surface area (TPSA) is 13.1 Å². The van der Waals surface area contributed by atoms with Crippen LogP contribution in [0.3, 0.4) is 0 Å². The number of fused-ring (bicyclic) bond motifs is 11. The lowest BCUT2D eigenvalue weighted by Gasteiger charge is -2.32. The van der Waals surface area contributed by atoms with Gasteiger partial charge in [-0.15, -0.1) is 0 Å². The Balaban J connectivity index is 0.962. The van der Waals surface area contributed by atoms with E-state index in [9.17, 15) is 0 Å². The minimum absolute atomic E-state index is 0.188. The number of para-hydroxylation sites is 2. The maximum absolute atomic E-state index is 2.50. The second kappa shape index (κ2) is 14.1. The fraction of sp³-hybridized carbons (Fsp3) is 0.0820. The fourth-order valence-electron chi connectivity index (χ4n) is 11.2. The summed E-state index contributed by atoms with van der Waals surface area (Å²) in [5.41, 5.74) is 18.4. The van der Waals surface area contributed by atoms with Crippen molar-refractivity contribution in [3.05, 3.63) is 223 Å². The molecule has 0 atom stereocenters. The molecule has 64 heavy (non-hydrogen) atoms. The van der Waals surface area contributed by atoms with E-state index in [1.54, 1.807) is 0 Å². The van der Waals surface area contributed by atoms with Crippen molar-refractivity contribution in [2.75, 3.05) is 4.90 Å². The Kier molecular flexibility index (Phi) is 8.08. The van der Waals surface area contributed by atoms with E-state index in [-0.39, 0.29) is 5.41 Å². The first-order valence-corrected chi connectivity index (χ1v) is 22.6. The molecule has 0 unspecified atom stereocenters. The van der Waals surface area contributed by atoms with Gasteiger partial charge in [0.05, 0.1) is 27.8 Å². The van der Waals surface area contributed by atoms with Crippen molar-refractivity contribution >= 4 is 77.1 Å². The predicted molar refractivity (Wildman–Crippen MR) is 272 cm³/mol. The number of anilines is 3. The van der Waals surface area contributed by atoms with Crippen LogP contribution in [0.2, 0.25) is 0 Å². The Bertz CT molecular complexity index is 3690. The number of allylic oxidation sites excluding steroid dienone is 4. The highest BCUT2D eigenvalue weighted by Crippen LogP contribution is 2.54. The van der Waals surface area contributed by atoms with Crippen LogP contribution in [0.4, 0.5) is 17.1 Å². The Labute approximate surface area is 373 Å². The smallest absolute Gasteiger partial charge is 0.0544 e. The molecule has 0 N–H and O–H groups in total. The summed E-state index contributed by atoms with van der Waals surface area (Å²) in [5, 5.41) is 7.70. The maximum atomic E-state index is 2.50. The molecule has 0 aliphatic heterocycles. The quantitative estimate of drug-likeness (QED) is 0.163. The van der Waals surface area contributed by atoms with Crippen LogP contribution in [0.15, 0.2) is 212 Å². The average Bonchev–Trinajstić information content (AvgIpc) is 3.95. The first-order chi connectivity index (χ1) is 31.5. The van der Waals surface area contributed by atoms with E-state index in [0.717, 1.165) is 29.9 Å². The van der Waals surface area contributed by atoms with Crippen molar-refractivity contribution in [3.63, 3.8) is 0 Å². The number of aromatic nitrogens is 2. The highest BCUT2D eigenvalue weighted by molar-refractivity contribution is 6.22. The van der Waals surface area contributed by atoms with Gasteiger partial charge >= 0.3 is 0 Å². The summed E-state index contributed by atoms with van der Waals surface area (Å²) in [6.45, 7) is 4.76. The van der Waals surface area contributed by atoms with Gasteiger partial charge < -0.3 is 14.0 Å². The molecule has 0 radical (unpaired) electrons. The lowest BCUT2D eigenvalue weighted by Crippen LogP contribution is -2.20. The summed E-state index contributed by atoms with van der Waals surface area (Å²) in [6, 6.07) is 72.1. The van der Waals surface area contributed by atoms with Gasteiger partial charge in [0.25, 0.3) is 0 Å². The Morgan fingerprint density at radius 3 is 1.86 bits per heavy atom. The van der Waals surface area contributed by atoms with Crippen molar-refractivity contribution < 1.29 is 0 Å². The molecule has 0 spiro atoms. The number of nitrogens with zero attached hydrogens (tertiary/aromatic N) is 3. The SMILES string of the molecule is CC1(C)c2ccccc2-c2cccc(N(c3ccc(-c4ccc5c(c4)c4c6ccccc6ccc4n5C4=CC=CCC4)cc3)c3ccc(-n4c5ccccc5c5ccccc54)cc3)c21. The maximum Gasteiger partial charge on any atom is 0.0544 e. The molecule has 3 heteroatoms. The normalized spacial score (nSPS) is 14.1.